The van der Waals surface area contributed by atoms with Crippen LogP contribution in [0.2, 0.25) is 0 Å². The Balaban J connectivity index is 3.15. The Labute approximate surface area is 80.5 Å². The van der Waals surface area contributed by atoms with E-state index in [1.807, 2.05) is 0 Å². The highest BCUT2D eigenvalue weighted by Gasteiger charge is 2.01. The summed E-state index contributed by atoms with van der Waals surface area (Å²) in [6.07, 6.45) is 6.55. The molecule has 0 radical (unpaired) electrons. The van der Waals surface area contributed by atoms with E-state index in [2.05, 4.69) is 11.1 Å². The summed E-state index contributed by atoms with van der Waals surface area (Å²) in [5.74, 6) is 2.24. The Bertz CT molecular complexity index is 454. The lowest BCUT2D eigenvalue weighted by molar-refractivity contribution is 0.318. The maximum absolute atomic E-state index is 11.3. The molecule has 3 N–H and O–H groups in total. The zero-order valence-electron chi connectivity index (χ0n) is 7.34. The van der Waals surface area contributed by atoms with Gasteiger partial charge in [0, 0.05) is 17.8 Å². The van der Waals surface area contributed by atoms with E-state index in [4.69, 9.17) is 17.4 Å². The van der Waals surface area contributed by atoms with Gasteiger partial charge in [0.15, 0.2) is 5.84 Å². The Morgan fingerprint density at radius 3 is 3.00 bits per heavy atom. The van der Waals surface area contributed by atoms with Crippen molar-refractivity contribution in [1.82, 2.24) is 4.57 Å². The smallest absolute Gasteiger partial charge is 0.252 e. The minimum atomic E-state index is -0.285. The molecule has 14 heavy (non-hydrogen) atoms. The first kappa shape index (κ1) is 9.86. The molecule has 0 bridgehead atoms. The largest absolute Gasteiger partial charge is 0.409 e. The molecule has 0 saturated carbocycles. The molecule has 0 fully saturated rings. The van der Waals surface area contributed by atoms with Gasteiger partial charge in [0.25, 0.3) is 5.56 Å². The predicted molar refractivity (Wildman–Crippen MR) is 52.0 cm³/mol. The zero-order chi connectivity index (χ0) is 10.6. The summed E-state index contributed by atoms with van der Waals surface area (Å²) in [5.41, 5.74) is 5.38. The van der Waals surface area contributed by atoms with Crippen LogP contribution in [-0.2, 0) is 6.54 Å². The van der Waals surface area contributed by atoms with Gasteiger partial charge in [-0.25, -0.2) is 0 Å². The van der Waals surface area contributed by atoms with Crippen molar-refractivity contribution >= 4 is 5.84 Å². The van der Waals surface area contributed by atoms with Crippen molar-refractivity contribution in [2.24, 2.45) is 10.9 Å². The predicted octanol–water partition coefficient (Wildman–Crippen LogP) is -0.424. The number of hydrogen-bond donors (Lipinski definition) is 2. The van der Waals surface area contributed by atoms with Gasteiger partial charge in [-0.05, 0) is 6.07 Å². The molecule has 0 unspecified atom stereocenters. The van der Waals surface area contributed by atoms with Crippen molar-refractivity contribution in [3.8, 4) is 12.3 Å². The highest BCUT2D eigenvalue weighted by atomic mass is 16.4. The summed E-state index contributed by atoms with van der Waals surface area (Å²) in [6.45, 7) is 0.204. The topological polar surface area (TPSA) is 80.6 Å². The molecule has 0 spiro atoms. The first-order valence-electron chi connectivity index (χ1n) is 3.81. The standard InChI is InChI=1S/C9H9N3O2/c1-2-4-12-5-3-7(6-8(12)13)9(10)11-14/h1,3,5-6,14H,4H2,(H2,10,11). The van der Waals surface area contributed by atoms with Gasteiger partial charge in [-0.15, -0.1) is 6.42 Å². The molecule has 5 heteroatoms. The fraction of sp³-hybridized carbons (Fsp3) is 0.111. The molecule has 1 rings (SSSR count). The normalized spacial score (nSPS) is 10.9. The van der Waals surface area contributed by atoms with Crippen LogP contribution in [0.15, 0.2) is 28.3 Å². The van der Waals surface area contributed by atoms with Crippen LogP contribution in [0.1, 0.15) is 5.56 Å². The first-order chi connectivity index (χ1) is 6.69. The van der Waals surface area contributed by atoms with Crippen molar-refractivity contribution in [2.75, 3.05) is 0 Å². The summed E-state index contributed by atoms with van der Waals surface area (Å²) in [4.78, 5) is 11.3. The fourth-order valence-corrected chi connectivity index (χ4v) is 0.954. The number of terminal acetylenes is 1. The second-order valence-electron chi connectivity index (χ2n) is 2.57. The van der Waals surface area contributed by atoms with Gasteiger partial charge in [-0.1, -0.05) is 11.1 Å². The molecule has 1 aromatic rings. The molecule has 5 nitrogen and oxygen atoms in total. The number of nitrogens with zero attached hydrogens (tertiary/aromatic N) is 2. The third-order valence-electron chi connectivity index (χ3n) is 1.66. The first-order valence-corrected chi connectivity index (χ1v) is 3.81. The number of pyridine rings is 1. The fourth-order valence-electron chi connectivity index (χ4n) is 0.954. The van der Waals surface area contributed by atoms with E-state index in [0.717, 1.165) is 0 Å². The molecule has 0 aliphatic rings. The van der Waals surface area contributed by atoms with E-state index in [9.17, 15) is 4.79 Å². The van der Waals surface area contributed by atoms with Crippen molar-refractivity contribution in [3.05, 3.63) is 34.2 Å². The van der Waals surface area contributed by atoms with Gasteiger partial charge >= 0.3 is 0 Å². The monoisotopic (exact) mass is 191 g/mol. The van der Waals surface area contributed by atoms with Crippen LogP contribution >= 0.6 is 0 Å². The molecule has 0 aromatic carbocycles. The molecular formula is C9H9N3O2. The lowest BCUT2D eigenvalue weighted by Gasteiger charge is -2.01. The third-order valence-corrected chi connectivity index (χ3v) is 1.66. The van der Waals surface area contributed by atoms with E-state index < -0.39 is 0 Å². The summed E-state index contributed by atoms with van der Waals surface area (Å²) < 4.78 is 1.34. The van der Waals surface area contributed by atoms with E-state index in [1.54, 1.807) is 6.07 Å². The highest BCUT2D eigenvalue weighted by molar-refractivity contribution is 5.96. The van der Waals surface area contributed by atoms with Gasteiger partial charge in [0.1, 0.15) is 0 Å². The van der Waals surface area contributed by atoms with Crippen molar-refractivity contribution < 1.29 is 5.21 Å². The van der Waals surface area contributed by atoms with Gasteiger partial charge in [-0.3, -0.25) is 4.79 Å². The SMILES string of the molecule is C#CCn1ccc(C(N)=NO)cc1=O. The van der Waals surface area contributed by atoms with Crippen LogP contribution in [0.3, 0.4) is 0 Å². The molecule has 0 atom stereocenters. The summed E-state index contributed by atoms with van der Waals surface area (Å²) in [7, 11) is 0. The quantitative estimate of drug-likeness (QED) is 0.219. The van der Waals surface area contributed by atoms with Crippen LogP contribution in [0.4, 0.5) is 0 Å². The molecule has 0 aliphatic heterocycles. The average Bonchev–Trinajstić information content (AvgIpc) is 2.20. The van der Waals surface area contributed by atoms with Crippen LogP contribution in [0, 0.1) is 12.3 Å². The maximum Gasteiger partial charge on any atom is 0.252 e. The van der Waals surface area contributed by atoms with Crippen LogP contribution < -0.4 is 11.3 Å². The Kier molecular flexibility index (Phi) is 2.92. The number of hydrogen-bond acceptors (Lipinski definition) is 3. The van der Waals surface area contributed by atoms with Gasteiger partial charge in [-0.2, -0.15) is 0 Å². The molecular weight excluding hydrogens is 182 g/mol. The zero-order valence-corrected chi connectivity index (χ0v) is 7.34. The molecule has 0 saturated heterocycles. The second-order valence-corrected chi connectivity index (χ2v) is 2.57. The van der Waals surface area contributed by atoms with Crippen LogP contribution in [0.5, 0.6) is 0 Å². The Morgan fingerprint density at radius 1 is 1.79 bits per heavy atom. The van der Waals surface area contributed by atoms with Crippen molar-refractivity contribution in [2.45, 2.75) is 6.54 Å². The second kappa shape index (κ2) is 4.14. The lowest BCUT2D eigenvalue weighted by Crippen LogP contribution is -2.22. The molecule has 1 aromatic heterocycles. The highest BCUT2D eigenvalue weighted by Crippen LogP contribution is 1.93. The van der Waals surface area contributed by atoms with Crippen molar-refractivity contribution in [3.63, 3.8) is 0 Å². The number of nitrogens with two attached hydrogens (primary N) is 1. The summed E-state index contributed by atoms with van der Waals surface area (Å²) in [6, 6.07) is 2.81. The Hall–Kier alpha value is -2.22. The number of amidine groups is 1. The van der Waals surface area contributed by atoms with E-state index in [1.165, 1.54) is 16.8 Å². The minimum absolute atomic E-state index is 0.102. The van der Waals surface area contributed by atoms with Gasteiger partial charge in [0.2, 0.25) is 0 Å². The summed E-state index contributed by atoms with van der Waals surface area (Å²) in [5, 5.41) is 11.2. The summed E-state index contributed by atoms with van der Waals surface area (Å²) >= 11 is 0. The number of rotatable bonds is 2. The Morgan fingerprint density at radius 2 is 2.50 bits per heavy atom. The maximum atomic E-state index is 11.3. The third kappa shape index (κ3) is 1.93. The average molecular weight is 191 g/mol. The van der Waals surface area contributed by atoms with Crippen molar-refractivity contribution in [1.29, 1.82) is 0 Å². The van der Waals surface area contributed by atoms with E-state index >= 15 is 0 Å². The number of oxime groups is 1. The van der Waals surface area contributed by atoms with E-state index in [-0.39, 0.29) is 17.9 Å². The van der Waals surface area contributed by atoms with Crippen LogP contribution in [0.25, 0.3) is 0 Å². The molecule has 1 heterocycles. The molecule has 0 amide bonds. The van der Waals surface area contributed by atoms with Gasteiger partial charge < -0.3 is 15.5 Å². The van der Waals surface area contributed by atoms with Crippen LogP contribution in [-0.4, -0.2) is 15.6 Å². The van der Waals surface area contributed by atoms with Gasteiger partial charge in [0.05, 0.1) is 6.54 Å². The molecule has 0 aliphatic carbocycles. The number of aromatic nitrogens is 1. The lowest BCUT2D eigenvalue weighted by atomic mass is 10.2. The van der Waals surface area contributed by atoms with E-state index in [0.29, 0.717) is 5.56 Å². The molecule has 72 valence electrons. The minimum Gasteiger partial charge on any atom is -0.409 e.